The molecule has 0 radical (unpaired) electrons. The lowest BCUT2D eigenvalue weighted by molar-refractivity contribution is 0.0700. The van der Waals surface area contributed by atoms with Gasteiger partial charge in [0.1, 0.15) is 4.88 Å². The molecular formula is C26H22ClNO4S2. The molecule has 1 aliphatic heterocycles. The van der Waals surface area contributed by atoms with E-state index in [4.69, 9.17) is 11.6 Å². The van der Waals surface area contributed by atoms with E-state index in [1.807, 2.05) is 54.6 Å². The van der Waals surface area contributed by atoms with Crippen LogP contribution in [-0.4, -0.2) is 36.9 Å². The lowest BCUT2D eigenvalue weighted by Crippen LogP contribution is -2.38. The molecule has 1 fully saturated rings. The zero-order valence-corrected chi connectivity index (χ0v) is 20.5. The van der Waals surface area contributed by atoms with Gasteiger partial charge < -0.3 is 5.11 Å². The largest absolute Gasteiger partial charge is 0.477 e. The van der Waals surface area contributed by atoms with E-state index in [-0.39, 0.29) is 10.8 Å². The van der Waals surface area contributed by atoms with E-state index in [9.17, 15) is 18.3 Å². The van der Waals surface area contributed by atoms with Crippen molar-refractivity contribution in [2.45, 2.75) is 23.7 Å². The fourth-order valence-corrected chi connectivity index (χ4v) is 7.39. The molecule has 0 saturated carbocycles. The minimum absolute atomic E-state index is 0.0368. The number of benzene rings is 3. The number of carboxylic acids is 1. The summed E-state index contributed by atoms with van der Waals surface area (Å²) in [4.78, 5) is 12.5. The summed E-state index contributed by atoms with van der Waals surface area (Å²) in [6.45, 7) is 0.675. The Hall–Kier alpha value is -2.71. The first-order chi connectivity index (χ1) is 16.3. The van der Waals surface area contributed by atoms with Crippen molar-refractivity contribution in [3.05, 3.63) is 88.3 Å². The molecule has 174 valence electrons. The molecule has 8 heteroatoms. The van der Waals surface area contributed by atoms with Crippen molar-refractivity contribution in [3.63, 3.8) is 0 Å². The number of hydrogen-bond donors (Lipinski definition) is 1. The maximum absolute atomic E-state index is 13.3. The van der Waals surface area contributed by atoms with Gasteiger partial charge in [-0.2, -0.15) is 4.31 Å². The molecule has 1 saturated heterocycles. The molecule has 5 nitrogen and oxygen atoms in total. The molecule has 1 aromatic heterocycles. The van der Waals surface area contributed by atoms with Crippen molar-refractivity contribution in [2.24, 2.45) is 0 Å². The third-order valence-corrected chi connectivity index (χ3v) is 9.67. The van der Waals surface area contributed by atoms with E-state index in [1.54, 1.807) is 18.2 Å². The van der Waals surface area contributed by atoms with Crippen LogP contribution in [0.25, 0.3) is 21.2 Å². The molecule has 3 aromatic carbocycles. The van der Waals surface area contributed by atoms with Gasteiger partial charge in [-0.05, 0) is 71.2 Å². The van der Waals surface area contributed by atoms with Gasteiger partial charge in [0.05, 0.1) is 4.90 Å². The Bertz CT molecular complexity index is 1460. The van der Waals surface area contributed by atoms with E-state index in [1.165, 1.54) is 15.6 Å². The number of aromatic carboxylic acids is 1. The first-order valence-corrected chi connectivity index (χ1v) is 13.6. The van der Waals surface area contributed by atoms with Crippen molar-refractivity contribution < 1.29 is 18.3 Å². The molecule has 0 bridgehead atoms. The maximum Gasteiger partial charge on any atom is 0.346 e. The minimum Gasteiger partial charge on any atom is -0.477 e. The van der Waals surface area contributed by atoms with E-state index in [0.717, 1.165) is 26.8 Å². The third kappa shape index (κ3) is 4.25. The number of thiophene rings is 1. The summed E-state index contributed by atoms with van der Waals surface area (Å²) in [5, 5.41) is 11.2. The lowest BCUT2D eigenvalue weighted by atomic mass is 9.88. The molecule has 0 atom stereocenters. The highest BCUT2D eigenvalue weighted by Gasteiger charge is 2.33. The molecule has 0 amide bonds. The number of hydrogen-bond acceptors (Lipinski definition) is 4. The van der Waals surface area contributed by atoms with Crippen LogP contribution in [-0.2, 0) is 10.0 Å². The number of sulfonamides is 1. The fourth-order valence-electron chi connectivity index (χ4n) is 4.64. The van der Waals surface area contributed by atoms with Crippen molar-refractivity contribution in [1.29, 1.82) is 0 Å². The Morgan fingerprint density at radius 3 is 2.24 bits per heavy atom. The van der Waals surface area contributed by atoms with E-state index in [0.29, 0.717) is 35.8 Å². The molecule has 0 aliphatic carbocycles. The summed E-state index contributed by atoms with van der Waals surface area (Å²) in [5.74, 6) is -0.994. The van der Waals surface area contributed by atoms with Crippen LogP contribution < -0.4 is 0 Å². The summed E-state index contributed by atoms with van der Waals surface area (Å²) in [5.41, 5.74) is 2.77. The van der Waals surface area contributed by atoms with E-state index in [2.05, 4.69) is 0 Å². The van der Waals surface area contributed by atoms with Crippen LogP contribution in [0.3, 0.4) is 0 Å². The van der Waals surface area contributed by atoms with Gasteiger partial charge >= 0.3 is 5.97 Å². The summed E-state index contributed by atoms with van der Waals surface area (Å²) >= 11 is 7.44. The summed E-state index contributed by atoms with van der Waals surface area (Å²) in [6, 6.07) is 22.2. The molecule has 2 heterocycles. The average molecular weight is 512 g/mol. The second kappa shape index (κ2) is 9.15. The fraction of sp³-hybridized carbons (Fsp3) is 0.192. The van der Waals surface area contributed by atoms with Crippen molar-refractivity contribution >= 4 is 49.0 Å². The summed E-state index contributed by atoms with van der Waals surface area (Å²) in [7, 11) is -3.63. The van der Waals surface area contributed by atoms with Crippen LogP contribution in [0.4, 0.5) is 0 Å². The van der Waals surface area contributed by atoms with Crippen molar-refractivity contribution in [2.75, 3.05) is 13.1 Å². The quantitative estimate of drug-likeness (QED) is 0.332. The highest BCUT2D eigenvalue weighted by molar-refractivity contribution is 7.89. The molecule has 5 rings (SSSR count). The number of piperidine rings is 1. The molecule has 1 aliphatic rings. The highest BCUT2D eigenvalue weighted by atomic mass is 35.5. The normalized spacial score (nSPS) is 15.6. The van der Waals surface area contributed by atoms with Gasteiger partial charge in [-0.25, -0.2) is 13.2 Å². The molecule has 0 spiro atoms. The third-order valence-electron chi connectivity index (χ3n) is 6.34. The van der Waals surface area contributed by atoms with Gasteiger partial charge in [-0.1, -0.05) is 54.1 Å². The molecular weight excluding hydrogens is 490 g/mol. The number of carboxylic acid groups (broad SMARTS) is 1. The predicted octanol–water partition coefficient (Wildman–Crippen LogP) is 6.49. The first kappa shape index (κ1) is 23.1. The topological polar surface area (TPSA) is 74.7 Å². The van der Waals surface area contributed by atoms with Gasteiger partial charge in [0, 0.05) is 22.8 Å². The Balaban J connectivity index is 1.37. The van der Waals surface area contributed by atoms with Crippen LogP contribution in [0.1, 0.15) is 34.0 Å². The van der Waals surface area contributed by atoms with Gasteiger partial charge in [-0.3, -0.25) is 0 Å². The zero-order chi connectivity index (χ0) is 23.9. The smallest absolute Gasteiger partial charge is 0.346 e. The van der Waals surface area contributed by atoms with E-state index >= 15 is 0 Å². The molecule has 34 heavy (non-hydrogen) atoms. The average Bonchev–Trinajstić information content (AvgIpc) is 3.24. The Labute approximate surface area is 207 Å². The number of fused-ring (bicyclic) bond motifs is 1. The Morgan fingerprint density at radius 1 is 0.941 bits per heavy atom. The standard InChI is InChI=1S/C26H22ClNO4S2/c27-20-8-11-23-22(16-20)24(25(33-23)26(29)30)19-12-14-28(15-13-19)34(31,32)21-9-6-18(7-10-21)17-4-2-1-3-5-17/h1-11,16,19H,12-15H2,(H,29,30). The van der Waals surface area contributed by atoms with Crippen LogP contribution in [0.2, 0.25) is 5.02 Å². The summed E-state index contributed by atoms with van der Waals surface area (Å²) < 4.78 is 28.9. The Morgan fingerprint density at radius 2 is 1.59 bits per heavy atom. The van der Waals surface area contributed by atoms with E-state index < -0.39 is 16.0 Å². The number of halogens is 1. The predicted molar refractivity (Wildman–Crippen MR) is 136 cm³/mol. The van der Waals surface area contributed by atoms with Crippen LogP contribution in [0.15, 0.2) is 77.7 Å². The van der Waals surface area contributed by atoms with Gasteiger partial charge in [-0.15, -0.1) is 11.3 Å². The second-order valence-electron chi connectivity index (χ2n) is 8.36. The van der Waals surface area contributed by atoms with Gasteiger partial charge in [0.15, 0.2) is 0 Å². The van der Waals surface area contributed by atoms with Crippen LogP contribution in [0.5, 0.6) is 0 Å². The van der Waals surface area contributed by atoms with Crippen molar-refractivity contribution in [1.82, 2.24) is 4.31 Å². The van der Waals surface area contributed by atoms with Crippen LogP contribution >= 0.6 is 22.9 Å². The number of carbonyl (C=O) groups is 1. The highest BCUT2D eigenvalue weighted by Crippen LogP contribution is 2.42. The van der Waals surface area contributed by atoms with Gasteiger partial charge in [0.2, 0.25) is 10.0 Å². The van der Waals surface area contributed by atoms with Gasteiger partial charge in [0.25, 0.3) is 0 Å². The monoisotopic (exact) mass is 511 g/mol. The molecule has 1 N–H and O–H groups in total. The molecule has 0 unspecified atom stereocenters. The molecule has 4 aromatic rings. The number of nitrogens with zero attached hydrogens (tertiary/aromatic N) is 1. The minimum atomic E-state index is -3.63. The Kier molecular flexibility index (Phi) is 6.20. The first-order valence-electron chi connectivity index (χ1n) is 11.0. The second-order valence-corrected chi connectivity index (χ2v) is 11.8. The lowest BCUT2D eigenvalue weighted by Gasteiger charge is -2.31. The SMILES string of the molecule is O=C(O)c1sc2ccc(Cl)cc2c1C1CCN(S(=O)(=O)c2ccc(-c3ccccc3)cc2)CC1. The zero-order valence-electron chi connectivity index (χ0n) is 18.1. The number of rotatable bonds is 5. The van der Waals surface area contributed by atoms with Crippen molar-refractivity contribution in [3.8, 4) is 11.1 Å². The maximum atomic E-state index is 13.3. The summed E-state index contributed by atoms with van der Waals surface area (Å²) in [6.07, 6.45) is 1.11. The van der Waals surface area contributed by atoms with Crippen LogP contribution in [0, 0.1) is 0 Å².